The molecule has 2 N–H and O–H groups in total. The zero-order valence-corrected chi connectivity index (χ0v) is 8.23. The van der Waals surface area contributed by atoms with Gasteiger partial charge in [-0.25, -0.2) is 4.98 Å². The van der Waals surface area contributed by atoms with Crippen LogP contribution < -0.4 is 10.6 Å². The van der Waals surface area contributed by atoms with Crippen molar-refractivity contribution in [3.8, 4) is 0 Å². The van der Waals surface area contributed by atoms with Crippen molar-refractivity contribution in [1.82, 2.24) is 4.98 Å². The molecule has 15 heavy (non-hydrogen) atoms. The van der Waals surface area contributed by atoms with Crippen LogP contribution in [0.2, 0.25) is 0 Å². The third-order valence-corrected chi connectivity index (χ3v) is 2.98. The van der Waals surface area contributed by atoms with Gasteiger partial charge < -0.3 is 10.6 Å². The lowest BCUT2D eigenvalue weighted by atomic mass is 9.96. The summed E-state index contributed by atoms with van der Waals surface area (Å²) in [5.41, 5.74) is 8.87. The van der Waals surface area contributed by atoms with Crippen LogP contribution >= 0.6 is 0 Å². The van der Waals surface area contributed by atoms with Crippen molar-refractivity contribution in [3.63, 3.8) is 0 Å². The van der Waals surface area contributed by atoms with Crippen LogP contribution in [0.3, 0.4) is 0 Å². The maximum atomic E-state index is 11.0. The standard InChI is InChI=1S/C11H11N3O/c12-11(15)8-1-2-9-10(13-8)7-3-5-14(9)6-4-7/h1-3H,4-6H2,(H2,12,15). The molecule has 0 saturated heterocycles. The molecule has 0 saturated carbocycles. The zero-order chi connectivity index (χ0) is 10.4. The molecule has 3 aliphatic rings. The Hall–Kier alpha value is -1.84. The molecule has 0 aromatic carbocycles. The van der Waals surface area contributed by atoms with E-state index < -0.39 is 5.91 Å². The van der Waals surface area contributed by atoms with Gasteiger partial charge in [-0.1, -0.05) is 6.08 Å². The quantitative estimate of drug-likeness (QED) is 0.730. The van der Waals surface area contributed by atoms with Gasteiger partial charge in [-0.05, 0) is 24.1 Å². The Labute approximate surface area is 87.4 Å². The molecular weight excluding hydrogens is 190 g/mol. The minimum atomic E-state index is -0.463. The molecule has 1 aromatic rings. The summed E-state index contributed by atoms with van der Waals surface area (Å²) in [7, 11) is 0. The summed E-state index contributed by atoms with van der Waals surface area (Å²) in [6.45, 7) is 2.01. The lowest BCUT2D eigenvalue weighted by Crippen LogP contribution is -2.34. The van der Waals surface area contributed by atoms with Gasteiger partial charge in [-0.15, -0.1) is 0 Å². The Kier molecular flexibility index (Phi) is 1.59. The van der Waals surface area contributed by atoms with E-state index in [1.165, 1.54) is 5.57 Å². The Bertz CT molecular complexity index is 479. The summed E-state index contributed by atoms with van der Waals surface area (Å²) in [5, 5.41) is 0. The molecule has 1 aromatic heterocycles. The first-order valence-corrected chi connectivity index (χ1v) is 5.01. The van der Waals surface area contributed by atoms with Crippen LogP contribution in [0.1, 0.15) is 22.6 Å². The Morgan fingerprint density at radius 1 is 1.47 bits per heavy atom. The van der Waals surface area contributed by atoms with E-state index in [1.807, 2.05) is 6.07 Å². The first kappa shape index (κ1) is 8.47. The second-order valence-electron chi connectivity index (χ2n) is 3.85. The second-order valence-corrected chi connectivity index (χ2v) is 3.85. The van der Waals surface area contributed by atoms with Gasteiger partial charge in [0.05, 0.1) is 11.4 Å². The van der Waals surface area contributed by atoms with E-state index in [0.29, 0.717) is 5.69 Å². The number of fused-ring (bicyclic) bond motifs is 2. The molecule has 4 heteroatoms. The van der Waals surface area contributed by atoms with E-state index in [4.69, 9.17) is 5.73 Å². The smallest absolute Gasteiger partial charge is 0.267 e. The SMILES string of the molecule is NC(=O)c1ccc2c(n1)C1=CCN2CC1. The highest BCUT2D eigenvalue weighted by atomic mass is 16.1. The van der Waals surface area contributed by atoms with Crippen molar-refractivity contribution in [3.05, 3.63) is 29.6 Å². The number of aromatic nitrogens is 1. The fourth-order valence-corrected chi connectivity index (χ4v) is 2.18. The monoisotopic (exact) mass is 201 g/mol. The van der Waals surface area contributed by atoms with Crippen molar-refractivity contribution in [2.45, 2.75) is 6.42 Å². The van der Waals surface area contributed by atoms with Gasteiger partial charge in [0.2, 0.25) is 0 Å². The highest BCUT2D eigenvalue weighted by molar-refractivity contribution is 5.92. The first-order chi connectivity index (χ1) is 7.25. The highest BCUT2D eigenvalue weighted by Gasteiger charge is 2.26. The van der Waals surface area contributed by atoms with Crippen LogP contribution in [0.15, 0.2) is 18.2 Å². The molecule has 4 rings (SSSR count). The average molecular weight is 201 g/mol. The number of carbonyl (C=O) groups is 1. The maximum Gasteiger partial charge on any atom is 0.267 e. The molecule has 2 bridgehead atoms. The van der Waals surface area contributed by atoms with Gasteiger partial charge in [-0.3, -0.25) is 4.79 Å². The second kappa shape index (κ2) is 2.82. The number of carbonyl (C=O) groups excluding carboxylic acids is 1. The number of hydrogen-bond donors (Lipinski definition) is 1. The molecule has 4 heterocycles. The van der Waals surface area contributed by atoms with Crippen molar-refractivity contribution in [2.24, 2.45) is 5.73 Å². The minimum Gasteiger partial charge on any atom is -0.366 e. The Morgan fingerprint density at radius 3 is 3.00 bits per heavy atom. The fourth-order valence-electron chi connectivity index (χ4n) is 2.18. The summed E-state index contributed by atoms with van der Waals surface area (Å²) >= 11 is 0. The summed E-state index contributed by atoms with van der Waals surface area (Å²) in [6.07, 6.45) is 3.19. The van der Waals surface area contributed by atoms with E-state index in [2.05, 4.69) is 16.0 Å². The van der Waals surface area contributed by atoms with Gasteiger partial charge in [-0.2, -0.15) is 0 Å². The number of nitrogens with zero attached hydrogens (tertiary/aromatic N) is 2. The number of rotatable bonds is 1. The third-order valence-electron chi connectivity index (χ3n) is 2.98. The van der Waals surface area contributed by atoms with E-state index >= 15 is 0 Å². The normalized spacial score (nSPS) is 17.3. The molecule has 0 radical (unpaired) electrons. The number of hydrogen-bond acceptors (Lipinski definition) is 3. The summed E-state index contributed by atoms with van der Waals surface area (Å²) in [6, 6.07) is 3.64. The van der Waals surface area contributed by atoms with Crippen molar-refractivity contribution < 1.29 is 4.79 Å². The Balaban J connectivity index is 2.18. The number of primary amides is 1. The number of nitrogens with two attached hydrogens (primary N) is 1. The van der Waals surface area contributed by atoms with Crippen LogP contribution in [0.25, 0.3) is 5.57 Å². The van der Waals surface area contributed by atoms with E-state index in [-0.39, 0.29) is 0 Å². The van der Waals surface area contributed by atoms with Gasteiger partial charge in [0, 0.05) is 13.1 Å². The van der Waals surface area contributed by atoms with Gasteiger partial charge in [0.25, 0.3) is 5.91 Å². The van der Waals surface area contributed by atoms with Crippen molar-refractivity contribution in [2.75, 3.05) is 18.0 Å². The van der Waals surface area contributed by atoms with Crippen LogP contribution in [0.4, 0.5) is 5.69 Å². The van der Waals surface area contributed by atoms with Crippen LogP contribution in [-0.2, 0) is 0 Å². The van der Waals surface area contributed by atoms with Crippen molar-refractivity contribution in [1.29, 1.82) is 0 Å². The van der Waals surface area contributed by atoms with Gasteiger partial charge in [0.15, 0.2) is 0 Å². The predicted octanol–water partition coefficient (Wildman–Crippen LogP) is 0.788. The predicted molar refractivity (Wildman–Crippen MR) is 57.6 cm³/mol. The number of anilines is 1. The van der Waals surface area contributed by atoms with Crippen LogP contribution in [0.5, 0.6) is 0 Å². The number of pyridine rings is 1. The minimum absolute atomic E-state index is 0.350. The van der Waals surface area contributed by atoms with Crippen molar-refractivity contribution >= 4 is 17.2 Å². The molecule has 0 unspecified atom stereocenters. The molecule has 0 aliphatic carbocycles. The van der Waals surface area contributed by atoms with E-state index in [9.17, 15) is 4.79 Å². The molecule has 76 valence electrons. The first-order valence-electron chi connectivity index (χ1n) is 5.01. The molecule has 0 fully saturated rings. The summed E-state index contributed by atoms with van der Waals surface area (Å²) < 4.78 is 0. The lowest BCUT2D eigenvalue weighted by Gasteiger charge is -2.35. The zero-order valence-electron chi connectivity index (χ0n) is 8.23. The van der Waals surface area contributed by atoms with Gasteiger partial charge in [0.1, 0.15) is 5.69 Å². The lowest BCUT2D eigenvalue weighted by molar-refractivity contribution is 0.0995. The van der Waals surface area contributed by atoms with Crippen LogP contribution in [0, 0.1) is 0 Å². The highest BCUT2D eigenvalue weighted by Crippen LogP contribution is 2.36. The average Bonchev–Trinajstić information content (AvgIpc) is 2.30. The summed E-state index contributed by atoms with van der Waals surface area (Å²) in [5.74, 6) is -0.463. The fraction of sp³-hybridized carbons (Fsp3) is 0.273. The molecule has 1 amide bonds. The van der Waals surface area contributed by atoms with E-state index in [0.717, 1.165) is 30.9 Å². The topological polar surface area (TPSA) is 59.2 Å². The van der Waals surface area contributed by atoms with Crippen LogP contribution in [-0.4, -0.2) is 24.0 Å². The largest absolute Gasteiger partial charge is 0.366 e. The third kappa shape index (κ3) is 1.14. The maximum absolute atomic E-state index is 11.0. The van der Waals surface area contributed by atoms with E-state index in [1.54, 1.807) is 6.07 Å². The molecule has 4 nitrogen and oxygen atoms in total. The molecule has 3 aliphatic heterocycles. The molecule has 0 spiro atoms. The van der Waals surface area contributed by atoms with Gasteiger partial charge >= 0.3 is 0 Å². The molecular formula is C11H11N3O. The molecule has 0 atom stereocenters. The summed E-state index contributed by atoms with van der Waals surface area (Å²) in [4.78, 5) is 17.6. The Morgan fingerprint density at radius 2 is 2.33 bits per heavy atom. The number of amides is 1.